The molecular formula is C21H29N6O2+. The van der Waals surface area contributed by atoms with Crippen molar-refractivity contribution in [2.24, 2.45) is 0 Å². The number of nitrogens with zero attached hydrogens (tertiary/aromatic N) is 4. The third-order valence-electron chi connectivity index (χ3n) is 5.91. The Morgan fingerprint density at radius 2 is 2.03 bits per heavy atom. The molecule has 0 spiro atoms. The fraction of sp³-hybridized carbons (Fsp3) is 0.524. The average Bonchev–Trinajstić information content (AvgIpc) is 3.00. The van der Waals surface area contributed by atoms with Crippen molar-refractivity contribution in [2.75, 3.05) is 26.8 Å². The van der Waals surface area contributed by atoms with Crippen molar-refractivity contribution in [1.82, 2.24) is 25.2 Å². The summed E-state index contributed by atoms with van der Waals surface area (Å²) in [6.45, 7) is 5.11. The minimum Gasteiger partial charge on any atom is -0.383 e. The summed E-state index contributed by atoms with van der Waals surface area (Å²) in [5.41, 5.74) is 2.63. The zero-order chi connectivity index (χ0) is 20.2. The molecule has 3 heterocycles. The highest BCUT2D eigenvalue weighted by molar-refractivity contribution is 5.82. The number of hydrogen-bond donors (Lipinski definition) is 2. The number of rotatable bonds is 6. The van der Waals surface area contributed by atoms with E-state index in [0.717, 1.165) is 53.8 Å². The summed E-state index contributed by atoms with van der Waals surface area (Å²) in [6, 6.07) is 7.91. The Balaban J connectivity index is 1.84. The second-order valence-electron chi connectivity index (χ2n) is 7.85. The van der Waals surface area contributed by atoms with E-state index in [1.54, 1.807) is 11.8 Å². The van der Waals surface area contributed by atoms with E-state index in [1.807, 2.05) is 31.2 Å². The van der Waals surface area contributed by atoms with Crippen molar-refractivity contribution < 1.29 is 9.64 Å². The predicted octanol–water partition coefficient (Wildman–Crippen LogP) is 1.02. The van der Waals surface area contributed by atoms with Crippen LogP contribution in [0, 0.1) is 6.92 Å². The van der Waals surface area contributed by atoms with Crippen LogP contribution in [0.15, 0.2) is 29.1 Å². The smallest absolute Gasteiger partial charge is 0.258 e. The third-order valence-corrected chi connectivity index (χ3v) is 5.91. The van der Waals surface area contributed by atoms with E-state index in [9.17, 15) is 4.79 Å². The molecule has 8 nitrogen and oxygen atoms in total. The van der Waals surface area contributed by atoms with Crippen LogP contribution in [-0.2, 0) is 11.3 Å². The van der Waals surface area contributed by atoms with Gasteiger partial charge in [0.15, 0.2) is 6.04 Å². The van der Waals surface area contributed by atoms with Gasteiger partial charge in [-0.2, -0.15) is 0 Å². The molecule has 1 aliphatic rings. The number of likely N-dealkylation sites (tertiary alicyclic amines) is 1. The van der Waals surface area contributed by atoms with Gasteiger partial charge in [-0.15, -0.1) is 5.10 Å². The molecule has 0 aliphatic carbocycles. The van der Waals surface area contributed by atoms with E-state index in [-0.39, 0.29) is 11.6 Å². The lowest BCUT2D eigenvalue weighted by atomic mass is 10.0. The minimum atomic E-state index is -0.200. The van der Waals surface area contributed by atoms with Crippen LogP contribution in [0.2, 0.25) is 0 Å². The molecule has 0 radical (unpaired) electrons. The van der Waals surface area contributed by atoms with Crippen LogP contribution >= 0.6 is 0 Å². The Morgan fingerprint density at radius 1 is 1.24 bits per heavy atom. The molecule has 1 aromatic carbocycles. The number of quaternary nitrogens is 1. The topological polar surface area (TPSA) is 90.1 Å². The Kier molecular flexibility index (Phi) is 6.01. The first-order valence-electron chi connectivity index (χ1n) is 10.4. The molecule has 29 heavy (non-hydrogen) atoms. The van der Waals surface area contributed by atoms with E-state index in [2.05, 4.69) is 20.5 Å². The average molecular weight is 398 g/mol. The number of nitrogens with one attached hydrogen (secondary N) is 2. The molecule has 8 heteroatoms. The fourth-order valence-electron chi connectivity index (χ4n) is 4.38. The third kappa shape index (κ3) is 4.09. The van der Waals surface area contributed by atoms with Crippen molar-refractivity contribution in [3.63, 3.8) is 0 Å². The largest absolute Gasteiger partial charge is 0.383 e. The Labute approximate surface area is 169 Å². The first-order valence-corrected chi connectivity index (χ1v) is 10.4. The maximum atomic E-state index is 13.2. The Bertz CT molecular complexity index is 1020. The fourth-order valence-corrected chi connectivity index (χ4v) is 4.38. The number of fused-ring (bicyclic) bond motifs is 1. The van der Waals surface area contributed by atoms with Crippen molar-refractivity contribution >= 4 is 10.9 Å². The summed E-state index contributed by atoms with van der Waals surface area (Å²) in [7, 11) is 1.66. The summed E-state index contributed by atoms with van der Waals surface area (Å²) in [5, 5.41) is 13.5. The second kappa shape index (κ2) is 8.84. The number of aromatic nitrogens is 5. The second-order valence-corrected chi connectivity index (χ2v) is 7.85. The van der Waals surface area contributed by atoms with Crippen LogP contribution < -0.4 is 10.5 Å². The predicted molar refractivity (Wildman–Crippen MR) is 110 cm³/mol. The zero-order valence-corrected chi connectivity index (χ0v) is 17.1. The number of hydrogen-bond acceptors (Lipinski definition) is 5. The minimum absolute atomic E-state index is 0.0603. The zero-order valence-electron chi connectivity index (χ0n) is 17.1. The number of ether oxygens (including phenoxy) is 1. The molecule has 1 fully saturated rings. The highest BCUT2D eigenvalue weighted by atomic mass is 16.5. The van der Waals surface area contributed by atoms with Crippen LogP contribution in [-0.4, -0.2) is 52.0 Å². The molecule has 2 aromatic heterocycles. The lowest BCUT2D eigenvalue weighted by molar-refractivity contribution is -0.925. The van der Waals surface area contributed by atoms with Crippen LogP contribution in [0.25, 0.3) is 10.9 Å². The molecule has 154 valence electrons. The monoisotopic (exact) mass is 397 g/mol. The SMILES string of the molecule is COCCn1nnnc1[C@H](c1cc2cccc(C)c2[nH]c1=O)[NH+]1CCCCCC1. The molecule has 1 saturated heterocycles. The highest BCUT2D eigenvalue weighted by Crippen LogP contribution is 2.21. The normalized spacial score (nSPS) is 16.8. The van der Waals surface area contributed by atoms with Gasteiger partial charge in [-0.1, -0.05) is 18.2 Å². The lowest BCUT2D eigenvalue weighted by Gasteiger charge is -2.26. The summed E-state index contributed by atoms with van der Waals surface area (Å²) >= 11 is 0. The molecule has 2 N–H and O–H groups in total. The van der Waals surface area contributed by atoms with E-state index in [4.69, 9.17) is 4.74 Å². The molecule has 0 saturated carbocycles. The number of H-pyrrole nitrogens is 1. The molecule has 4 rings (SSSR count). The molecule has 3 aromatic rings. The maximum Gasteiger partial charge on any atom is 0.258 e. The van der Waals surface area contributed by atoms with Gasteiger partial charge in [0.05, 0.1) is 37.3 Å². The molecule has 1 atom stereocenters. The molecular weight excluding hydrogens is 368 g/mol. The van der Waals surface area contributed by atoms with Gasteiger partial charge < -0.3 is 14.6 Å². The van der Waals surface area contributed by atoms with Crippen molar-refractivity contribution in [3.8, 4) is 0 Å². The number of aryl methyl sites for hydroxylation is 1. The molecule has 0 bridgehead atoms. The first kappa shape index (κ1) is 19.7. The number of methoxy groups -OCH3 is 1. The number of para-hydroxylation sites is 1. The maximum absolute atomic E-state index is 13.2. The summed E-state index contributed by atoms with van der Waals surface area (Å²) in [4.78, 5) is 17.7. The van der Waals surface area contributed by atoms with Crippen LogP contribution in [0.4, 0.5) is 0 Å². The Morgan fingerprint density at radius 3 is 2.79 bits per heavy atom. The van der Waals surface area contributed by atoms with Crippen LogP contribution in [0.3, 0.4) is 0 Å². The first-order chi connectivity index (χ1) is 14.2. The molecule has 1 aliphatic heterocycles. The quantitative estimate of drug-likeness (QED) is 0.648. The number of benzene rings is 1. The lowest BCUT2D eigenvalue weighted by Crippen LogP contribution is -3.12. The van der Waals surface area contributed by atoms with Gasteiger partial charge in [0, 0.05) is 7.11 Å². The molecule has 0 amide bonds. The van der Waals surface area contributed by atoms with E-state index in [0.29, 0.717) is 13.2 Å². The van der Waals surface area contributed by atoms with Crippen LogP contribution in [0.1, 0.15) is 48.7 Å². The van der Waals surface area contributed by atoms with Crippen molar-refractivity contribution in [1.29, 1.82) is 0 Å². The van der Waals surface area contributed by atoms with Crippen molar-refractivity contribution in [3.05, 3.63) is 51.6 Å². The number of tetrazole rings is 1. The molecule has 0 unspecified atom stereocenters. The van der Waals surface area contributed by atoms with Gasteiger partial charge in [0.1, 0.15) is 0 Å². The van der Waals surface area contributed by atoms with Gasteiger partial charge >= 0.3 is 0 Å². The van der Waals surface area contributed by atoms with E-state index >= 15 is 0 Å². The van der Waals surface area contributed by atoms with Gasteiger partial charge in [-0.3, -0.25) is 4.79 Å². The van der Waals surface area contributed by atoms with Gasteiger partial charge in [-0.05, 0) is 60.0 Å². The summed E-state index contributed by atoms with van der Waals surface area (Å²) in [6.07, 6.45) is 4.77. The van der Waals surface area contributed by atoms with Crippen LogP contribution in [0.5, 0.6) is 0 Å². The van der Waals surface area contributed by atoms with E-state index < -0.39 is 0 Å². The highest BCUT2D eigenvalue weighted by Gasteiger charge is 2.34. The number of pyridine rings is 1. The summed E-state index contributed by atoms with van der Waals surface area (Å²) in [5.74, 6) is 0.733. The van der Waals surface area contributed by atoms with E-state index in [1.165, 1.54) is 17.7 Å². The van der Waals surface area contributed by atoms with Gasteiger partial charge in [0.2, 0.25) is 5.82 Å². The number of aromatic amines is 1. The van der Waals surface area contributed by atoms with Gasteiger partial charge in [0.25, 0.3) is 5.56 Å². The Hall–Kier alpha value is -2.58. The standard InChI is InChI=1S/C21H28N6O2/c1-15-8-7-9-16-14-17(21(28)22-18(15)16)19(26-10-5-3-4-6-11-26)20-23-24-25-27(20)12-13-29-2/h7-9,14,19H,3-6,10-13H2,1-2H3,(H,22,28)/p+1/t19-/m0/s1. The van der Waals surface area contributed by atoms with Gasteiger partial charge in [-0.25, -0.2) is 4.68 Å². The summed E-state index contributed by atoms with van der Waals surface area (Å²) < 4.78 is 7.01. The van der Waals surface area contributed by atoms with Crippen molar-refractivity contribution in [2.45, 2.75) is 45.2 Å².